The van der Waals surface area contributed by atoms with Crippen molar-refractivity contribution in [2.45, 2.75) is 52.1 Å². The number of benzene rings is 1. The molecule has 2 aliphatic heterocycles. The molecule has 0 spiro atoms. The molecule has 2 saturated heterocycles. The number of carbonyl (C=O) groups is 1. The lowest BCUT2D eigenvalue weighted by Gasteiger charge is -2.33. The van der Waals surface area contributed by atoms with Crippen molar-refractivity contribution in [1.82, 2.24) is 15.1 Å². The molecule has 1 N–H and O–H groups in total. The van der Waals surface area contributed by atoms with Crippen LogP contribution in [0.2, 0.25) is 0 Å². The first-order chi connectivity index (χ1) is 14.2. The minimum Gasteiger partial charge on any atom is -0.466 e. The highest BCUT2D eigenvalue weighted by Crippen LogP contribution is 2.19. The van der Waals surface area contributed by atoms with Crippen molar-refractivity contribution in [3.8, 4) is 0 Å². The van der Waals surface area contributed by atoms with E-state index in [0.717, 1.165) is 45.0 Å². The van der Waals surface area contributed by atoms with Gasteiger partial charge in [-0.15, -0.1) is 24.0 Å². The second-order valence-electron chi connectivity index (χ2n) is 8.02. The van der Waals surface area contributed by atoms with Crippen LogP contribution in [0.25, 0.3) is 0 Å². The molecule has 0 radical (unpaired) electrons. The highest BCUT2D eigenvalue weighted by atomic mass is 127. The Morgan fingerprint density at radius 2 is 1.77 bits per heavy atom. The first-order valence-electron chi connectivity index (χ1n) is 11.1. The number of ether oxygens (including phenoxy) is 1. The van der Waals surface area contributed by atoms with Crippen LogP contribution in [0.1, 0.15) is 50.2 Å². The number of guanidine groups is 1. The van der Waals surface area contributed by atoms with E-state index in [-0.39, 0.29) is 35.9 Å². The number of halogens is 1. The number of esters is 1. The molecule has 0 aromatic heterocycles. The molecule has 2 heterocycles. The lowest BCUT2D eigenvalue weighted by atomic mass is 9.97. The maximum Gasteiger partial charge on any atom is 0.309 e. The quantitative estimate of drug-likeness (QED) is 0.265. The summed E-state index contributed by atoms with van der Waals surface area (Å²) in [7, 11) is 1.83. The highest BCUT2D eigenvalue weighted by Gasteiger charge is 2.27. The van der Waals surface area contributed by atoms with E-state index in [4.69, 9.17) is 4.74 Å². The van der Waals surface area contributed by atoms with Gasteiger partial charge in [0.25, 0.3) is 0 Å². The smallest absolute Gasteiger partial charge is 0.309 e. The maximum atomic E-state index is 12.0. The molecular weight excluding hydrogens is 491 g/mol. The van der Waals surface area contributed by atoms with Crippen LogP contribution in [0.5, 0.6) is 0 Å². The van der Waals surface area contributed by atoms with Crippen LogP contribution in [0.3, 0.4) is 0 Å². The predicted octanol–water partition coefficient (Wildman–Crippen LogP) is 3.64. The molecule has 7 heteroatoms. The molecule has 1 aromatic rings. The van der Waals surface area contributed by atoms with Crippen LogP contribution in [-0.4, -0.2) is 61.6 Å². The number of nitrogens with one attached hydrogen (secondary N) is 1. The number of nitrogens with zero attached hydrogens (tertiary/aromatic N) is 3. The molecule has 2 aliphatic rings. The Bertz CT molecular complexity index is 684. The minimum atomic E-state index is -0.0539. The second-order valence-corrected chi connectivity index (χ2v) is 8.02. The Hall–Kier alpha value is -1.35. The minimum absolute atomic E-state index is 0. The molecule has 2 fully saturated rings. The number of rotatable bonds is 6. The summed E-state index contributed by atoms with van der Waals surface area (Å²) in [6.45, 7) is 8.20. The van der Waals surface area contributed by atoms with Crippen molar-refractivity contribution in [2.24, 2.45) is 10.9 Å². The van der Waals surface area contributed by atoms with Gasteiger partial charge in [0.2, 0.25) is 0 Å². The van der Waals surface area contributed by atoms with Crippen LogP contribution >= 0.6 is 24.0 Å². The Labute approximate surface area is 198 Å². The Morgan fingerprint density at radius 1 is 1.10 bits per heavy atom. The van der Waals surface area contributed by atoms with E-state index in [9.17, 15) is 4.79 Å². The lowest BCUT2D eigenvalue weighted by Crippen LogP contribution is -2.46. The molecule has 30 heavy (non-hydrogen) atoms. The second kappa shape index (κ2) is 13.1. The Kier molecular flexibility index (Phi) is 10.9. The van der Waals surface area contributed by atoms with Crippen LogP contribution < -0.4 is 5.32 Å². The maximum absolute atomic E-state index is 12.0. The number of piperidine rings is 2. The average Bonchev–Trinajstić information content (AvgIpc) is 2.76. The van der Waals surface area contributed by atoms with Gasteiger partial charge in [-0.2, -0.15) is 0 Å². The third kappa shape index (κ3) is 7.11. The van der Waals surface area contributed by atoms with Gasteiger partial charge in [-0.1, -0.05) is 30.7 Å². The fourth-order valence-electron chi connectivity index (χ4n) is 4.34. The third-order valence-electron chi connectivity index (χ3n) is 6.02. The van der Waals surface area contributed by atoms with Gasteiger partial charge in [0.05, 0.1) is 12.5 Å². The monoisotopic (exact) mass is 528 g/mol. The summed E-state index contributed by atoms with van der Waals surface area (Å²) in [4.78, 5) is 21.3. The topological polar surface area (TPSA) is 57.2 Å². The molecule has 0 aliphatic carbocycles. The summed E-state index contributed by atoms with van der Waals surface area (Å²) in [6, 6.07) is 8.72. The van der Waals surface area contributed by atoms with E-state index in [1.165, 1.54) is 43.5 Å². The van der Waals surface area contributed by atoms with E-state index in [2.05, 4.69) is 44.4 Å². The predicted molar refractivity (Wildman–Crippen MR) is 132 cm³/mol. The number of likely N-dealkylation sites (tertiary alicyclic amines) is 2. The van der Waals surface area contributed by atoms with Crippen LogP contribution in [-0.2, 0) is 22.6 Å². The number of hydrogen-bond donors (Lipinski definition) is 1. The summed E-state index contributed by atoms with van der Waals surface area (Å²) < 4.78 is 5.18. The van der Waals surface area contributed by atoms with Gasteiger partial charge in [-0.05, 0) is 56.8 Å². The van der Waals surface area contributed by atoms with Gasteiger partial charge < -0.3 is 15.0 Å². The third-order valence-corrected chi connectivity index (χ3v) is 6.02. The SMILES string of the molecule is CCOC(=O)C1CCN(C(=NC)NCc2ccccc2CN2CCCCC2)CC1.I. The van der Waals surface area contributed by atoms with Gasteiger partial charge in [-0.25, -0.2) is 0 Å². The first-order valence-corrected chi connectivity index (χ1v) is 11.1. The van der Waals surface area contributed by atoms with Crippen molar-refractivity contribution in [1.29, 1.82) is 0 Å². The number of aliphatic imine (C=N–C) groups is 1. The molecular formula is C23H37IN4O2. The van der Waals surface area contributed by atoms with E-state index < -0.39 is 0 Å². The van der Waals surface area contributed by atoms with E-state index >= 15 is 0 Å². The zero-order chi connectivity index (χ0) is 20.5. The van der Waals surface area contributed by atoms with Crippen LogP contribution in [0.4, 0.5) is 0 Å². The molecule has 0 amide bonds. The summed E-state index contributed by atoms with van der Waals surface area (Å²) in [5.41, 5.74) is 2.74. The fourth-order valence-corrected chi connectivity index (χ4v) is 4.34. The van der Waals surface area contributed by atoms with Gasteiger partial charge in [-0.3, -0.25) is 14.7 Å². The summed E-state index contributed by atoms with van der Waals surface area (Å²) in [6.07, 6.45) is 5.64. The lowest BCUT2D eigenvalue weighted by molar-refractivity contribution is -0.149. The van der Waals surface area contributed by atoms with Gasteiger partial charge in [0, 0.05) is 33.2 Å². The molecule has 168 valence electrons. The largest absolute Gasteiger partial charge is 0.466 e. The molecule has 0 bridgehead atoms. The number of carbonyl (C=O) groups excluding carboxylic acids is 1. The molecule has 0 unspecified atom stereocenters. The molecule has 0 saturated carbocycles. The molecule has 3 rings (SSSR count). The van der Waals surface area contributed by atoms with Crippen LogP contribution in [0.15, 0.2) is 29.3 Å². The van der Waals surface area contributed by atoms with Gasteiger partial charge in [0.15, 0.2) is 5.96 Å². The highest BCUT2D eigenvalue weighted by molar-refractivity contribution is 14.0. The average molecular weight is 528 g/mol. The summed E-state index contributed by atoms with van der Waals surface area (Å²) >= 11 is 0. The fraction of sp³-hybridized carbons (Fsp3) is 0.652. The zero-order valence-corrected chi connectivity index (χ0v) is 20.8. The van der Waals surface area contributed by atoms with E-state index in [1.807, 2.05) is 14.0 Å². The molecule has 6 nitrogen and oxygen atoms in total. The molecule has 1 aromatic carbocycles. The number of hydrogen-bond acceptors (Lipinski definition) is 4. The summed E-state index contributed by atoms with van der Waals surface area (Å²) in [5.74, 6) is 0.886. The first kappa shape index (κ1) is 24.9. The van der Waals surface area contributed by atoms with Gasteiger partial charge >= 0.3 is 5.97 Å². The van der Waals surface area contributed by atoms with Gasteiger partial charge in [0.1, 0.15) is 0 Å². The normalized spacial score (nSPS) is 18.6. The standard InChI is InChI=1S/C23H36N4O2.HI/c1-3-29-22(28)19-11-15-27(16-12-19)23(24-2)25-17-20-9-5-6-10-21(20)18-26-13-7-4-8-14-26;/h5-6,9-10,19H,3-4,7-8,11-18H2,1-2H3,(H,24,25);1H. The molecule has 0 atom stereocenters. The van der Waals surface area contributed by atoms with Crippen molar-refractivity contribution in [2.75, 3.05) is 39.8 Å². The van der Waals surface area contributed by atoms with Crippen molar-refractivity contribution < 1.29 is 9.53 Å². The van der Waals surface area contributed by atoms with E-state index in [0.29, 0.717) is 6.61 Å². The summed E-state index contributed by atoms with van der Waals surface area (Å²) in [5, 5.41) is 3.54. The zero-order valence-electron chi connectivity index (χ0n) is 18.4. The van der Waals surface area contributed by atoms with Crippen molar-refractivity contribution in [3.63, 3.8) is 0 Å². The van der Waals surface area contributed by atoms with Crippen LogP contribution in [0, 0.1) is 5.92 Å². The Morgan fingerprint density at radius 3 is 2.40 bits per heavy atom. The van der Waals surface area contributed by atoms with E-state index in [1.54, 1.807) is 0 Å². The van der Waals surface area contributed by atoms with Crippen molar-refractivity contribution >= 4 is 35.9 Å². The van der Waals surface area contributed by atoms with Crippen molar-refractivity contribution in [3.05, 3.63) is 35.4 Å². The Balaban J connectivity index is 0.00000320.